The van der Waals surface area contributed by atoms with Gasteiger partial charge in [0.15, 0.2) is 5.82 Å². The molecule has 3 saturated carbocycles. The fourth-order valence-corrected chi connectivity index (χ4v) is 4.78. The largest absolute Gasteiger partial charge is 0.489 e. The zero-order chi connectivity index (χ0) is 21.0. The first-order chi connectivity index (χ1) is 14.6. The number of aromatic amines is 1. The van der Waals surface area contributed by atoms with Gasteiger partial charge in [-0.2, -0.15) is 0 Å². The van der Waals surface area contributed by atoms with Gasteiger partial charge >= 0.3 is 0 Å². The average Bonchev–Trinajstić information content (AvgIpc) is 3.33. The van der Waals surface area contributed by atoms with Crippen molar-refractivity contribution < 1.29 is 13.9 Å². The number of carbonyl (C=O) groups excluding carboxylic acids is 1. The van der Waals surface area contributed by atoms with Crippen molar-refractivity contribution in [2.45, 2.75) is 50.5 Å². The van der Waals surface area contributed by atoms with Crippen molar-refractivity contribution in [2.24, 2.45) is 11.1 Å². The van der Waals surface area contributed by atoms with Gasteiger partial charge in [-0.05, 0) is 72.1 Å². The van der Waals surface area contributed by atoms with E-state index in [0.717, 1.165) is 38.5 Å². The number of hydrogen-bond acceptors (Lipinski definition) is 6. The summed E-state index contributed by atoms with van der Waals surface area (Å²) in [6.45, 7) is 0.616. The van der Waals surface area contributed by atoms with Crippen molar-refractivity contribution in [3.8, 4) is 5.75 Å². The van der Waals surface area contributed by atoms with E-state index in [0.29, 0.717) is 30.0 Å². The highest BCUT2D eigenvalue weighted by Crippen LogP contribution is 2.57. The highest BCUT2D eigenvalue weighted by atomic mass is 19.1. The van der Waals surface area contributed by atoms with Crippen molar-refractivity contribution >= 4 is 5.91 Å². The summed E-state index contributed by atoms with van der Waals surface area (Å²) in [4.78, 5) is 12.9. The van der Waals surface area contributed by atoms with E-state index in [4.69, 9.17) is 10.5 Å². The lowest BCUT2D eigenvalue weighted by Crippen LogP contribution is -2.51. The van der Waals surface area contributed by atoms with E-state index in [1.807, 2.05) is 12.1 Å². The van der Waals surface area contributed by atoms with Crippen LogP contribution in [0.3, 0.4) is 0 Å². The maximum absolute atomic E-state index is 12.9. The smallest absolute Gasteiger partial charge is 0.226 e. The minimum absolute atomic E-state index is 0.104. The normalized spacial score (nSPS) is 25.9. The maximum atomic E-state index is 12.9. The third-order valence-electron chi connectivity index (χ3n) is 6.84. The SMILES string of the molecule is NCC(=CF)COc1ccc(C23CCC(C(=O)NCc4nnn[nH]4)(CC2)CC3)cc1. The average molecular weight is 414 g/mol. The van der Waals surface area contributed by atoms with Crippen molar-refractivity contribution in [3.05, 3.63) is 47.6 Å². The Hall–Kier alpha value is -2.81. The molecule has 1 amide bonds. The Labute approximate surface area is 174 Å². The van der Waals surface area contributed by atoms with Crippen LogP contribution in [0.2, 0.25) is 0 Å². The second-order valence-electron chi connectivity index (χ2n) is 8.38. The van der Waals surface area contributed by atoms with Gasteiger partial charge in [0.25, 0.3) is 0 Å². The number of aromatic nitrogens is 4. The molecule has 9 heteroatoms. The molecule has 4 N–H and O–H groups in total. The summed E-state index contributed by atoms with van der Waals surface area (Å²) in [5.41, 5.74) is 7.01. The van der Waals surface area contributed by atoms with Crippen LogP contribution in [0.15, 0.2) is 36.2 Å². The molecule has 0 atom stereocenters. The summed E-state index contributed by atoms with van der Waals surface area (Å²) < 4.78 is 18.2. The van der Waals surface area contributed by atoms with Crippen LogP contribution < -0.4 is 15.8 Å². The molecule has 1 aromatic carbocycles. The van der Waals surface area contributed by atoms with Gasteiger partial charge in [0.2, 0.25) is 5.91 Å². The number of nitrogens with zero attached hydrogens (tertiary/aromatic N) is 3. The van der Waals surface area contributed by atoms with Crippen LogP contribution in [-0.2, 0) is 16.8 Å². The number of hydrogen-bond donors (Lipinski definition) is 3. The molecular formula is C21H27FN6O2. The molecule has 3 aliphatic carbocycles. The number of H-pyrrole nitrogens is 1. The Morgan fingerprint density at radius 1 is 1.20 bits per heavy atom. The molecule has 8 nitrogen and oxygen atoms in total. The zero-order valence-corrected chi connectivity index (χ0v) is 16.9. The molecule has 1 aromatic heterocycles. The molecule has 0 spiro atoms. The Kier molecular flexibility index (Phi) is 5.80. The highest BCUT2D eigenvalue weighted by Gasteiger charge is 2.52. The number of nitrogens with two attached hydrogens (primary N) is 1. The third-order valence-corrected chi connectivity index (χ3v) is 6.84. The first-order valence-corrected chi connectivity index (χ1v) is 10.3. The molecule has 1 heterocycles. The zero-order valence-electron chi connectivity index (χ0n) is 16.9. The van der Waals surface area contributed by atoms with Gasteiger partial charge in [0.1, 0.15) is 12.4 Å². The van der Waals surface area contributed by atoms with Gasteiger partial charge in [-0.1, -0.05) is 12.1 Å². The lowest BCUT2D eigenvalue weighted by Gasteiger charge is -2.52. The molecule has 30 heavy (non-hydrogen) atoms. The maximum Gasteiger partial charge on any atom is 0.226 e. The Morgan fingerprint density at radius 3 is 2.47 bits per heavy atom. The van der Waals surface area contributed by atoms with Crippen LogP contribution >= 0.6 is 0 Å². The van der Waals surface area contributed by atoms with Gasteiger partial charge in [0, 0.05) is 17.5 Å². The molecule has 0 aliphatic heterocycles. The number of nitrogens with one attached hydrogen (secondary N) is 2. The van der Waals surface area contributed by atoms with Crippen molar-refractivity contribution in [2.75, 3.05) is 13.2 Å². The number of ether oxygens (including phenoxy) is 1. The Bertz CT molecular complexity index is 872. The summed E-state index contributed by atoms with van der Waals surface area (Å²) >= 11 is 0. The first kappa shape index (κ1) is 20.5. The highest BCUT2D eigenvalue weighted by molar-refractivity contribution is 5.83. The Morgan fingerprint density at radius 2 is 1.90 bits per heavy atom. The van der Waals surface area contributed by atoms with Gasteiger partial charge in [-0.25, -0.2) is 9.49 Å². The minimum Gasteiger partial charge on any atom is -0.489 e. The summed E-state index contributed by atoms with van der Waals surface area (Å²) in [7, 11) is 0. The predicted octanol–water partition coefficient (Wildman–Crippen LogP) is 2.30. The van der Waals surface area contributed by atoms with Crippen LogP contribution in [0.4, 0.5) is 4.39 Å². The van der Waals surface area contributed by atoms with E-state index >= 15 is 0 Å². The number of amides is 1. The molecule has 0 unspecified atom stereocenters. The molecule has 0 saturated heterocycles. The Balaban J connectivity index is 1.36. The standard InChI is InChI=1S/C21H27FN6O2/c22-11-15(12-23)14-30-17-3-1-16(2-4-17)20-5-8-21(9-6-20,10-7-20)19(29)24-13-18-25-27-28-26-18/h1-4,11H,5-10,12-14,23H2,(H,24,29)(H,25,26,27,28). The van der Waals surface area contributed by atoms with Crippen LogP contribution in [0.1, 0.15) is 49.9 Å². The summed E-state index contributed by atoms with van der Waals surface area (Å²) in [5, 5.41) is 16.5. The van der Waals surface area contributed by atoms with Crippen LogP contribution in [0.5, 0.6) is 5.75 Å². The quantitative estimate of drug-likeness (QED) is 0.610. The molecule has 2 aromatic rings. The second kappa shape index (κ2) is 8.51. The van der Waals surface area contributed by atoms with E-state index in [1.54, 1.807) is 0 Å². The van der Waals surface area contributed by atoms with Gasteiger partial charge in [0.05, 0.1) is 12.9 Å². The predicted molar refractivity (Wildman–Crippen MR) is 108 cm³/mol. The number of tetrazole rings is 1. The van der Waals surface area contributed by atoms with Gasteiger partial charge in [-0.3, -0.25) is 4.79 Å². The van der Waals surface area contributed by atoms with Gasteiger partial charge < -0.3 is 15.8 Å². The molecule has 3 aliphatic rings. The van der Waals surface area contributed by atoms with E-state index in [9.17, 15) is 9.18 Å². The summed E-state index contributed by atoms with van der Waals surface area (Å²) in [6.07, 6.45) is 6.13. The molecule has 160 valence electrons. The lowest BCUT2D eigenvalue weighted by molar-refractivity contribution is -0.138. The fraction of sp³-hybridized carbons (Fsp3) is 0.524. The van der Waals surface area contributed by atoms with Crippen molar-refractivity contribution in [1.82, 2.24) is 25.9 Å². The topological polar surface area (TPSA) is 119 Å². The number of fused-ring (bicyclic) bond motifs is 3. The van der Waals surface area contributed by atoms with Crippen molar-refractivity contribution in [3.63, 3.8) is 0 Å². The number of carbonyl (C=O) groups is 1. The fourth-order valence-electron chi connectivity index (χ4n) is 4.78. The van der Waals surface area contributed by atoms with E-state index in [2.05, 4.69) is 38.1 Å². The molecule has 2 bridgehead atoms. The summed E-state index contributed by atoms with van der Waals surface area (Å²) in [6, 6.07) is 8.08. The molecule has 3 fully saturated rings. The monoisotopic (exact) mass is 414 g/mol. The number of rotatable bonds is 8. The van der Waals surface area contributed by atoms with Crippen LogP contribution in [0, 0.1) is 5.41 Å². The molecular weight excluding hydrogens is 387 g/mol. The van der Waals surface area contributed by atoms with E-state index in [-0.39, 0.29) is 29.9 Å². The van der Waals surface area contributed by atoms with Crippen molar-refractivity contribution in [1.29, 1.82) is 0 Å². The first-order valence-electron chi connectivity index (χ1n) is 10.3. The number of benzene rings is 1. The van der Waals surface area contributed by atoms with E-state index < -0.39 is 0 Å². The summed E-state index contributed by atoms with van der Waals surface area (Å²) in [5.74, 6) is 1.36. The van der Waals surface area contributed by atoms with Gasteiger partial charge in [-0.15, -0.1) is 5.10 Å². The third kappa shape index (κ3) is 3.94. The number of halogens is 1. The van der Waals surface area contributed by atoms with Crippen LogP contribution in [-0.4, -0.2) is 39.7 Å². The second-order valence-corrected chi connectivity index (χ2v) is 8.38. The molecule has 0 radical (unpaired) electrons. The van der Waals surface area contributed by atoms with E-state index in [1.165, 1.54) is 5.56 Å². The lowest BCUT2D eigenvalue weighted by atomic mass is 9.51. The minimum atomic E-state index is -0.282. The van der Waals surface area contributed by atoms with Crippen LogP contribution in [0.25, 0.3) is 0 Å². The molecule has 5 rings (SSSR count).